The van der Waals surface area contributed by atoms with Crippen molar-refractivity contribution in [2.45, 2.75) is 33.5 Å². The number of hydrogen-bond donors (Lipinski definition) is 0. The van der Waals surface area contributed by atoms with Crippen molar-refractivity contribution >= 4 is 5.97 Å². The monoisotopic (exact) mass is 247 g/mol. The summed E-state index contributed by atoms with van der Waals surface area (Å²) in [6.45, 7) is 8.41. The fourth-order valence-corrected chi connectivity index (χ4v) is 1.42. The Balaban J connectivity index is 3.78. The number of esters is 1. The predicted molar refractivity (Wildman–Crippen MR) is 65.8 cm³/mol. The second kappa shape index (κ2) is 10.5. The minimum atomic E-state index is -0.195. The molecule has 0 fully saturated rings. The Labute approximate surface area is 104 Å². The van der Waals surface area contributed by atoms with Gasteiger partial charge in [0.15, 0.2) is 6.29 Å². The lowest BCUT2D eigenvalue weighted by Gasteiger charge is -2.20. The molecule has 102 valence electrons. The smallest absolute Gasteiger partial charge is 0.320 e. The molecular formula is C12H25NO4. The predicted octanol–water partition coefficient (Wildman–Crippen LogP) is 1.27. The van der Waals surface area contributed by atoms with Crippen LogP contribution in [0.2, 0.25) is 0 Å². The van der Waals surface area contributed by atoms with Crippen LogP contribution < -0.4 is 0 Å². The van der Waals surface area contributed by atoms with Crippen LogP contribution >= 0.6 is 0 Å². The van der Waals surface area contributed by atoms with E-state index in [1.807, 2.05) is 25.8 Å². The van der Waals surface area contributed by atoms with Gasteiger partial charge in [0.1, 0.15) is 0 Å². The number of carbonyl (C=O) groups is 1. The lowest BCUT2D eigenvalue weighted by Crippen LogP contribution is -2.31. The van der Waals surface area contributed by atoms with Crippen LogP contribution in [0.3, 0.4) is 0 Å². The van der Waals surface area contributed by atoms with Crippen molar-refractivity contribution in [1.29, 1.82) is 0 Å². The van der Waals surface area contributed by atoms with Crippen molar-refractivity contribution in [1.82, 2.24) is 4.90 Å². The molecule has 5 heteroatoms. The maximum absolute atomic E-state index is 11.2. The summed E-state index contributed by atoms with van der Waals surface area (Å²) in [4.78, 5) is 13.1. The lowest BCUT2D eigenvalue weighted by molar-refractivity contribution is -0.148. The summed E-state index contributed by atoms with van der Waals surface area (Å²) in [5, 5.41) is 0. The number of carbonyl (C=O) groups excluding carboxylic acids is 1. The minimum Gasteiger partial charge on any atom is -0.465 e. The van der Waals surface area contributed by atoms with Gasteiger partial charge in [-0.2, -0.15) is 0 Å². The van der Waals surface area contributed by atoms with Gasteiger partial charge in [-0.25, -0.2) is 0 Å². The van der Waals surface area contributed by atoms with E-state index in [0.717, 1.165) is 13.0 Å². The summed E-state index contributed by atoms with van der Waals surface area (Å²) < 4.78 is 15.7. The molecule has 0 aliphatic rings. The molecule has 0 aliphatic carbocycles. The zero-order chi connectivity index (χ0) is 13.1. The maximum Gasteiger partial charge on any atom is 0.320 e. The third-order valence-corrected chi connectivity index (χ3v) is 2.16. The van der Waals surface area contributed by atoms with Gasteiger partial charge in [-0.1, -0.05) is 0 Å². The van der Waals surface area contributed by atoms with Gasteiger partial charge < -0.3 is 14.2 Å². The van der Waals surface area contributed by atoms with Gasteiger partial charge >= 0.3 is 5.97 Å². The second-order valence-electron chi connectivity index (χ2n) is 3.67. The summed E-state index contributed by atoms with van der Waals surface area (Å²) in [7, 11) is 1.88. The Morgan fingerprint density at radius 1 is 1.12 bits per heavy atom. The number of nitrogens with zero attached hydrogens (tertiary/aromatic N) is 1. The third-order valence-electron chi connectivity index (χ3n) is 2.16. The van der Waals surface area contributed by atoms with Crippen LogP contribution in [0.15, 0.2) is 0 Å². The highest BCUT2D eigenvalue weighted by Gasteiger charge is 2.11. The van der Waals surface area contributed by atoms with E-state index in [0.29, 0.717) is 26.4 Å². The molecule has 0 spiro atoms. The fraction of sp³-hybridized carbons (Fsp3) is 0.917. The summed E-state index contributed by atoms with van der Waals surface area (Å²) in [5.74, 6) is -0.195. The molecule has 17 heavy (non-hydrogen) atoms. The number of ether oxygens (including phenoxy) is 3. The summed E-state index contributed by atoms with van der Waals surface area (Å²) in [6.07, 6.45) is 0.562. The fourth-order valence-electron chi connectivity index (χ4n) is 1.42. The van der Waals surface area contributed by atoms with Crippen LogP contribution in [0.25, 0.3) is 0 Å². The first kappa shape index (κ1) is 16.4. The molecule has 0 amide bonds. The van der Waals surface area contributed by atoms with Crippen molar-refractivity contribution in [3.63, 3.8) is 0 Å². The number of rotatable bonds is 10. The average Bonchev–Trinajstić information content (AvgIpc) is 2.27. The van der Waals surface area contributed by atoms with Crippen molar-refractivity contribution < 1.29 is 19.0 Å². The first-order chi connectivity index (χ1) is 8.13. The average molecular weight is 247 g/mol. The van der Waals surface area contributed by atoms with Gasteiger partial charge in [0, 0.05) is 26.2 Å². The molecule has 0 aromatic carbocycles. The van der Waals surface area contributed by atoms with Gasteiger partial charge in [0.05, 0.1) is 13.2 Å². The summed E-state index contributed by atoms with van der Waals surface area (Å²) >= 11 is 0. The minimum absolute atomic E-state index is 0.186. The Kier molecular flexibility index (Phi) is 10.1. The summed E-state index contributed by atoms with van der Waals surface area (Å²) in [5.41, 5.74) is 0. The molecule has 0 N–H and O–H groups in total. The van der Waals surface area contributed by atoms with Gasteiger partial charge in [-0.15, -0.1) is 0 Å². The molecule has 0 bridgehead atoms. The first-order valence-electron chi connectivity index (χ1n) is 6.21. The van der Waals surface area contributed by atoms with E-state index in [4.69, 9.17) is 14.2 Å². The summed E-state index contributed by atoms with van der Waals surface area (Å²) in [6, 6.07) is 0. The Bertz CT molecular complexity index is 193. The molecule has 0 unspecified atom stereocenters. The van der Waals surface area contributed by atoms with E-state index < -0.39 is 0 Å². The van der Waals surface area contributed by atoms with E-state index >= 15 is 0 Å². The van der Waals surface area contributed by atoms with Crippen molar-refractivity contribution in [2.24, 2.45) is 0 Å². The van der Waals surface area contributed by atoms with E-state index in [9.17, 15) is 4.79 Å². The molecule has 0 radical (unpaired) electrons. The molecule has 0 atom stereocenters. The topological polar surface area (TPSA) is 48.0 Å². The highest BCUT2D eigenvalue weighted by Crippen LogP contribution is 2.02. The molecule has 5 nitrogen and oxygen atoms in total. The van der Waals surface area contributed by atoms with Gasteiger partial charge in [-0.3, -0.25) is 9.69 Å². The largest absolute Gasteiger partial charge is 0.465 e. The van der Waals surface area contributed by atoms with Crippen molar-refractivity contribution in [2.75, 3.05) is 40.0 Å². The zero-order valence-electron chi connectivity index (χ0n) is 11.4. The normalized spacial score (nSPS) is 11.2. The first-order valence-corrected chi connectivity index (χ1v) is 6.21. The Hall–Kier alpha value is -0.650. The van der Waals surface area contributed by atoms with Gasteiger partial charge in [-0.05, 0) is 27.8 Å². The molecule has 0 aromatic heterocycles. The third kappa shape index (κ3) is 9.09. The van der Waals surface area contributed by atoms with Crippen LogP contribution in [0.4, 0.5) is 0 Å². The van der Waals surface area contributed by atoms with Gasteiger partial charge in [0.25, 0.3) is 0 Å². The zero-order valence-corrected chi connectivity index (χ0v) is 11.4. The molecular weight excluding hydrogens is 222 g/mol. The van der Waals surface area contributed by atoms with E-state index in [1.54, 1.807) is 6.92 Å². The van der Waals surface area contributed by atoms with E-state index in [1.165, 1.54) is 0 Å². The standard InChI is InChI=1S/C12H25NO4/c1-5-15-11(14)10-13(4)9-8-12(16-6-2)17-7-3/h12H,5-10H2,1-4H3. The number of likely N-dealkylation sites (N-methyl/N-ethyl adjacent to an activating group) is 1. The molecule has 0 saturated carbocycles. The van der Waals surface area contributed by atoms with Crippen molar-refractivity contribution in [3.8, 4) is 0 Å². The molecule has 0 aromatic rings. The Morgan fingerprint density at radius 2 is 1.71 bits per heavy atom. The van der Waals surface area contributed by atoms with E-state index in [2.05, 4.69) is 0 Å². The maximum atomic E-state index is 11.2. The Morgan fingerprint density at radius 3 is 2.18 bits per heavy atom. The van der Waals surface area contributed by atoms with Crippen molar-refractivity contribution in [3.05, 3.63) is 0 Å². The van der Waals surface area contributed by atoms with Crippen LogP contribution in [-0.4, -0.2) is 57.1 Å². The van der Waals surface area contributed by atoms with Crippen LogP contribution in [-0.2, 0) is 19.0 Å². The van der Waals surface area contributed by atoms with Crippen LogP contribution in [0.5, 0.6) is 0 Å². The molecule has 0 heterocycles. The highest BCUT2D eigenvalue weighted by atomic mass is 16.7. The molecule has 0 saturated heterocycles. The quantitative estimate of drug-likeness (QED) is 0.430. The molecule has 0 rings (SSSR count). The van der Waals surface area contributed by atoms with Crippen LogP contribution in [0.1, 0.15) is 27.2 Å². The highest BCUT2D eigenvalue weighted by molar-refractivity contribution is 5.71. The van der Waals surface area contributed by atoms with Gasteiger partial charge in [0.2, 0.25) is 0 Å². The molecule has 0 aliphatic heterocycles. The second-order valence-corrected chi connectivity index (χ2v) is 3.67. The van der Waals surface area contributed by atoms with Crippen LogP contribution in [0, 0.1) is 0 Å². The van der Waals surface area contributed by atoms with E-state index in [-0.39, 0.29) is 12.3 Å². The number of hydrogen-bond acceptors (Lipinski definition) is 5. The SMILES string of the molecule is CCOC(=O)CN(C)CCC(OCC)OCC. The lowest BCUT2D eigenvalue weighted by atomic mass is 10.3.